The quantitative estimate of drug-likeness (QED) is 0.413. The standard InChI is InChI=1S/C25H31NO8/c1-25(2,3)34-24(30)23-17(11-12-20(27)31-4)18(13-21(28)32-5)19(26-23)14-22(29)33-15-16-9-7-6-8-10-16/h6-10,26H,11-15H2,1-5H3. The molecule has 9 heteroatoms. The fraction of sp³-hybridized carbons (Fsp3) is 0.440. The number of nitrogens with one attached hydrogen (secondary N) is 1. The van der Waals surface area contributed by atoms with E-state index in [4.69, 9.17) is 18.9 Å². The predicted octanol–water partition coefficient (Wildman–Crippen LogP) is 3.08. The largest absolute Gasteiger partial charge is 0.469 e. The van der Waals surface area contributed by atoms with E-state index in [9.17, 15) is 19.2 Å². The first-order valence-electron chi connectivity index (χ1n) is 10.8. The molecule has 2 rings (SSSR count). The summed E-state index contributed by atoms with van der Waals surface area (Å²) in [5, 5.41) is 0. The summed E-state index contributed by atoms with van der Waals surface area (Å²) in [5.41, 5.74) is 1.24. The van der Waals surface area contributed by atoms with E-state index in [1.807, 2.05) is 30.3 Å². The summed E-state index contributed by atoms with van der Waals surface area (Å²) >= 11 is 0. The molecule has 2 aromatic rings. The molecule has 0 bridgehead atoms. The van der Waals surface area contributed by atoms with Gasteiger partial charge in [-0.15, -0.1) is 0 Å². The van der Waals surface area contributed by atoms with Crippen molar-refractivity contribution in [2.75, 3.05) is 14.2 Å². The zero-order valence-corrected chi connectivity index (χ0v) is 20.2. The first-order valence-corrected chi connectivity index (χ1v) is 10.8. The number of ether oxygens (including phenoxy) is 4. The van der Waals surface area contributed by atoms with E-state index in [-0.39, 0.29) is 38.0 Å². The highest BCUT2D eigenvalue weighted by Gasteiger charge is 2.28. The monoisotopic (exact) mass is 473 g/mol. The molecule has 0 aliphatic rings. The highest BCUT2D eigenvalue weighted by molar-refractivity contribution is 5.91. The van der Waals surface area contributed by atoms with Crippen LogP contribution in [0.2, 0.25) is 0 Å². The van der Waals surface area contributed by atoms with E-state index in [0.717, 1.165) is 5.56 Å². The highest BCUT2D eigenvalue weighted by Crippen LogP contribution is 2.26. The lowest BCUT2D eigenvalue weighted by atomic mass is 9.99. The zero-order chi connectivity index (χ0) is 25.3. The van der Waals surface area contributed by atoms with Crippen LogP contribution in [0.1, 0.15) is 60.1 Å². The number of H-pyrrole nitrogens is 1. The molecule has 1 aromatic carbocycles. The number of aromatic amines is 1. The Hall–Kier alpha value is -3.62. The number of benzene rings is 1. The van der Waals surface area contributed by atoms with Crippen LogP contribution >= 0.6 is 0 Å². The maximum atomic E-state index is 12.9. The van der Waals surface area contributed by atoms with Gasteiger partial charge in [0.15, 0.2) is 0 Å². The van der Waals surface area contributed by atoms with Gasteiger partial charge in [-0.1, -0.05) is 30.3 Å². The minimum atomic E-state index is -0.779. The first-order chi connectivity index (χ1) is 16.0. The second-order valence-corrected chi connectivity index (χ2v) is 8.59. The Bertz CT molecular complexity index is 1020. The number of rotatable bonds is 10. The van der Waals surface area contributed by atoms with Crippen molar-refractivity contribution in [1.82, 2.24) is 4.98 Å². The fourth-order valence-corrected chi connectivity index (χ4v) is 3.26. The summed E-state index contributed by atoms with van der Waals surface area (Å²) < 4.78 is 20.4. The van der Waals surface area contributed by atoms with Crippen molar-refractivity contribution in [3.05, 3.63) is 58.4 Å². The Kier molecular flexibility index (Phi) is 9.41. The second kappa shape index (κ2) is 12.0. The highest BCUT2D eigenvalue weighted by atomic mass is 16.6. The van der Waals surface area contributed by atoms with E-state index in [1.54, 1.807) is 20.8 Å². The Balaban J connectivity index is 2.38. The lowest BCUT2D eigenvalue weighted by Gasteiger charge is -2.19. The number of hydrogen-bond donors (Lipinski definition) is 1. The van der Waals surface area contributed by atoms with Gasteiger partial charge in [-0.25, -0.2) is 4.79 Å². The third-order valence-electron chi connectivity index (χ3n) is 4.83. The van der Waals surface area contributed by atoms with Crippen molar-refractivity contribution in [2.45, 2.75) is 58.7 Å². The van der Waals surface area contributed by atoms with Crippen molar-refractivity contribution in [1.29, 1.82) is 0 Å². The van der Waals surface area contributed by atoms with Crippen LogP contribution in [0.4, 0.5) is 0 Å². The lowest BCUT2D eigenvalue weighted by Crippen LogP contribution is -2.25. The molecule has 1 heterocycles. The molecule has 0 radical (unpaired) electrons. The average Bonchev–Trinajstić information content (AvgIpc) is 3.12. The summed E-state index contributed by atoms with van der Waals surface area (Å²) in [5.74, 6) is -2.26. The van der Waals surface area contributed by atoms with Crippen molar-refractivity contribution < 1.29 is 38.1 Å². The molecule has 0 atom stereocenters. The number of methoxy groups -OCH3 is 2. The molecule has 0 amide bonds. The summed E-state index contributed by atoms with van der Waals surface area (Å²) in [6.07, 6.45) is -0.347. The van der Waals surface area contributed by atoms with Gasteiger partial charge in [0.25, 0.3) is 0 Å². The third-order valence-corrected chi connectivity index (χ3v) is 4.83. The van der Waals surface area contributed by atoms with Crippen LogP contribution in [0.15, 0.2) is 30.3 Å². The Morgan fingerprint density at radius 1 is 0.853 bits per heavy atom. The molecule has 0 saturated heterocycles. The summed E-state index contributed by atoms with van der Waals surface area (Å²) in [6, 6.07) is 9.19. The minimum absolute atomic E-state index is 0.0315. The summed E-state index contributed by atoms with van der Waals surface area (Å²) in [6.45, 7) is 5.25. The molecule has 1 N–H and O–H groups in total. The predicted molar refractivity (Wildman–Crippen MR) is 122 cm³/mol. The first kappa shape index (κ1) is 26.6. The number of esters is 4. The molecule has 184 valence electrons. The maximum absolute atomic E-state index is 12.9. The van der Waals surface area contributed by atoms with Crippen molar-refractivity contribution in [3.8, 4) is 0 Å². The Morgan fingerprint density at radius 3 is 2.09 bits per heavy atom. The third kappa shape index (κ3) is 8.06. The number of hydrogen-bond acceptors (Lipinski definition) is 8. The van der Waals surface area contributed by atoms with Crippen molar-refractivity contribution >= 4 is 23.9 Å². The van der Waals surface area contributed by atoms with E-state index in [2.05, 4.69) is 4.98 Å². The van der Waals surface area contributed by atoms with Crippen LogP contribution in [-0.4, -0.2) is 48.7 Å². The van der Waals surface area contributed by atoms with Gasteiger partial charge >= 0.3 is 23.9 Å². The molecule has 9 nitrogen and oxygen atoms in total. The van der Waals surface area contributed by atoms with E-state index in [1.165, 1.54) is 14.2 Å². The van der Waals surface area contributed by atoms with Gasteiger partial charge in [0.1, 0.15) is 17.9 Å². The van der Waals surface area contributed by atoms with Gasteiger partial charge in [0.05, 0.1) is 27.1 Å². The topological polar surface area (TPSA) is 121 Å². The van der Waals surface area contributed by atoms with Crippen LogP contribution in [0.25, 0.3) is 0 Å². The van der Waals surface area contributed by atoms with Crippen molar-refractivity contribution in [3.63, 3.8) is 0 Å². The van der Waals surface area contributed by atoms with Crippen LogP contribution in [0.5, 0.6) is 0 Å². The Morgan fingerprint density at radius 2 is 1.50 bits per heavy atom. The summed E-state index contributed by atoms with van der Waals surface area (Å²) in [7, 11) is 2.50. The summed E-state index contributed by atoms with van der Waals surface area (Å²) in [4.78, 5) is 52.3. The SMILES string of the molecule is COC(=O)CCc1c(C(=O)OC(C)(C)C)[nH]c(CC(=O)OCc2ccccc2)c1CC(=O)OC. The molecule has 0 spiro atoms. The van der Waals surface area contributed by atoms with Gasteiger partial charge in [0, 0.05) is 12.1 Å². The van der Waals surface area contributed by atoms with Crippen LogP contribution in [0.3, 0.4) is 0 Å². The normalized spacial score (nSPS) is 11.0. The molecule has 0 unspecified atom stereocenters. The maximum Gasteiger partial charge on any atom is 0.355 e. The van der Waals surface area contributed by atoms with Crippen molar-refractivity contribution in [2.24, 2.45) is 0 Å². The van der Waals surface area contributed by atoms with Gasteiger partial charge in [-0.3, -0.25) is 14.4 Å². The molecular formula is C25H31NO8. The second-order valence-electron chi connectivity index (χ2n) is 8.59. The molecule has 0 fully saturated rings. The van der Waals surface area contributed by atoms with Gasteiger partial charge in [0.2, 0.25) is 0 Å². The van der Waals surface area contributed by atoms with Crippen LogP contribution < -0.4 is 0 Å². The molecular weight excluding hydrogens is 442 g/mol. The fourth-order valence-electron chi connectivity index (χ4n) is 3.26. The van der Waals surface area contributed by atoms with Crippen LogP contribution in [0, 0.1) is 0 Å². The minimum Gasteiger partial charge on any atom is -0.469 e. The lowest BCUT2D eigenvalue weighted by molar-refractivity contribution is -0.144. The van der Waals surface area contributed by atoms with E-state index < -0.39 is 29.5 Å². The van der Waals surface area contributed by atoms with Gasteiger partial charge in [-0.2, -0.15) is 0 Å². The van der Waals surface area contributed by atoms with Crippen LogP contribution in [-0.2, 0) is 59.2 Å². The molecule has 0 saturated carbocycles. The van der Waals surface area contributed by atoms with E-state index >= 15 is 0 Å². The van der Waals surface area contributed by atoms with Gasteiger partial charge < -0.3 is 23.9 Å². The number of carbonyl (C=O) groups excluding carboxylic acids is 4. The smallest absolute Gasteiger partial charge is 0.355 e. The van der Waals surface area contributed by atoms with Gasteiger partial charge in [-0.05, 0) is 43.9 Å². The average molecular weight is 474 g/mol. The molecule has 34 heavy (non-hydrogen) atoms. The van der Waals surface area contributed by atoms with E-state index in [0.29, 0.717) is 16.8 Å². The Labute approximate surface area is 198 Å². The molecule has 0 aliphatic heterocycles. The zero-order valence-electron chi connectivity index (χ0n) is 20.2. The molecule has 1 aromatic heterocycles. The molecule has 0 aliphatic carbocycles. The number of aromatic nitrogens is 1. The number of carbonyl (C=O) groups is 4.